The maximum Gasteiger partial charge on any atom is 0.250 e. The summed E-state index contributed by atoms with van der Waals surface area (Å²) in [7, 11) is 0. The van der Waals surface area contributed by atoms with Crippen LogP contribution in [0.3, 0.4) is 0 Å². The van der Waals surface area contributed by atoms with Crippen molar-refractivity contribution in [1.29, 1.82) is 0 Å². The second kappa shape index (κ2) is 6.02. The maximum absolute atomic E-state index is 13.3. The van der Waals surface area contributed by atoms with Crippen LogP contribution in [0.15, 0.2) is 18.2 Å². The van der Waals surface area contributed by atoms with Crippen LogP contribution in [0, 0.1) is 11.8 Å². The number of nitrogens with zero attached hydrogens (tertiary/aromatic N) is 1. The lowest BCUT2D eigenvalue weighted by Crippen LogP contribution is -2.55. The summed E-state index contributed by atoms with van der Waals surface area (Å²) in [5.41, 5.74) is -0.421. The van der Waals surface area contributed by atoms with Gasteiger partial charge in [-0.3, -0.25) is 24.6 Å². The van der Waals surface area contributed by atoms with Crippen LogP contribution in [0.4, 0.5) is 5.69 Å². The van der Waals surface area contributed by atoms with Crippen molar-refractivity contribution in [2.75, 3.05) is 5.32 Å². The number of hydrogen-bond acceptors (Lipinski definition) is 5. The topological polar surface area (TPSA) is 98.7 Å². The molecule has 1 aromatic rings. The molecule has 3 heterocycles. The van der Waals surface area contributed by atoms with E-state index in [0.717, 1.165) is 0 Å². The molecule has 0 aromatic heterocycles. The largest absolute Gasteiger partial charge is 0.392 e. The molecule has 3 amide bonds. The second-order valence-corrected chi connectivity index (χ2v) is 8.05. The van der Waals surface area contributed by atoms with E-state index in [9.17, 15) is 19.5 Å². The number of nitrogens with one attached hydrogen (secondary N) is 2. The summed E-state index contributed by atoms with van der Waals surface area (Å²) in [5.74, 6) is -2.85. The fraction of sp³-hybridized carbons (Fsp3) is 0.526. The molecular weight excluding hydrogens is 370 g/mol. The van der Waals surface area contributed by atoms with Gasteiger partial charge in [-0.2, -0.15) is 0 Å². The predicted molar refractivity (Wildman–Crippen MR) is 99.0 cm³/mol. The van der Waals surface area contributed by atoms with Crippen molar-refractivity contribution in [3.8, 4) is 0 Å². The zero-order chi connectivity index (χ0) is 19.7. The van der Waals surface area contributed by atoms with Gasteiger partial charge in [0.25, 0.3) is 0 Å². The molecule has 0 unspecified atom stereocenters. The van der Waals surface area contributed by atoms with E-state index in [1.165, 1.54) is 4.90 Å². The molecule has 4 rings (SSSR count). The zero-order valence-electron chi connectivity index (χ0n) is 15.3. The predicted octanol–water partition coefficient (Wildman–Crippen LogP) is 1.24. The lowest BCUT2D eigenvalue weighted by atomic mass is 9.76. The quantitative estimate of drug-likeness (QED) is 0.673. The van der Waals surface area contributed by atoms with Gasteiger partial charge in [-0.05, 0) is 26.3 Å². The van der Waals surface area contributed by atoms with Crippen LogP contribution in [0.2, 0.25) is 5.02 Å². The summed E-state index contributed by atoms with van der Waals surface area (Å²) < 4.78 is 0. The van der Waals surface area contributed by atoms with E-state index >= 15 is 0 Å². The van der Waals surface area contributed by atoms with Gasteiger partial charge < -0.3 is 10.4 Å². The van der Waals surface area contributed by atoms with Crippen molar-refractivity contribution in [2.45, 2.75) is 50.9 Å². The van der Waals surface area contributed by atoms with E-state index < -0.39 is 35.4 Å². The monoisotopic (exact) mass is 391 g/mol. The SMILES string of the molecule is CC[C@@H](C)N1C(=O)[C@@H]2[C@@H]([C@@H](C)O)N[C@]3(C(=O)Nc4c(Cl)cccc43)[C@@H]2C1=O. The van der Waals surface area contributed by atoms with Crippen LogP contribution in [-0.4, -0.2) is 45.9 Å². The third-order valence-corrected chi connectivity index (χ3v) is 6.53. The lowest BCUT2D eigenvalue weighted by molar-refractivity contribution is -0.145. The molecule has 3 N–H and O–H groups in total. The van der Waals surface area contributed by atoms with Crippen molar-refractivity contribution in [1.82, 2.24) is 10.2 Å². The summed E-state index contributed by atoms with van der Waals surface area (Å²) >= 11 is 6.25. The average Bonchev–Trinajstić information content (AvgIpc) is 3.21. The number of halogens is 1. The molecule has 2 saturated heterocycles. The standard InChI is InChI=1S/C19H22ClN3O4/c1-4-8(2)23-16(25)12-13(17(23)26)19(22-14(12)9(3)24)10-6-5-7-11(20)15(10)21-18(19)27/h5-9,12-14,22,24H,4H2,1-3H3,(H,21,27)/t8-,9-,12+,13+,14-,19+/m1/s1. The molecule has 144 valence electrons. The number of carbonyl (C=O) groups excluding carboxylic acids is 3. The Hall–Kier alpha value is -1.96. The molecular formula is C19H22ClN3O4. The number of benzene rings is 1. The van der Waals surface area contributed by atoms with Gasteiger partial charge in [-0.25, -0.2) is 0 Å². The van der Waals surface area contributed by atoms with E-state index in [2.05, 4.69) is 10.6 Å². The number of amides is 3. The second-order valence-electron chi connectivity index (χ2n) is 7.64. The Balaban J connectivity index is 1.92. The first-order chi connectivity index (χ1) is 12.8. The Morgan fingerprint density at radius 2 is 1.96 bits per heavy atom. The van der Waals surface area contributed by atoms with Gasteiger partial charge in [0.1, 0.15) is 5.54 Å². The molecule has 2 fully saturated rings. The molecule has 7 nitrogen and oxygen atoms in total. The fourth-order valence-electron chi connectivity index (χ4n) is 4.78. The summed E-state index contributed by atoms with van der Waals surface area (Å²) in [6.45, 7) is 5.27. The summed E-state index contributed by atoms with van der Waals surface area (Å²) in [6, 6.07) is 4.12. The van der Waals surface area contributed by atoms with Gasteiger partial charge in [-0.15, -0.1) is 0 Å². The van der Waals surface area contributed by atoms with Gasteiger partial charge in [0.05, 0.1) is 28.6 Å². The first kappa shape index (κ1) is 18.4. The van der Waals surface area contributed by atoms with Gasteiger partial charge in [0.2, 0.25) is 17.7 Å². The molecule has 27 heavy (non-hydrogen) atoms. The maximum atomic E-state index is 13.3. The number of fused-ring (bicyclic) bond motifs is 4. The Labute approximate surface area is 162 Å². The van der Waals surface area contributed by atoms with E-state index in [1.54, 1.807) is 25.1 Å². The van der Waals surface area contributed by atoms with E-state index in [-0.39, 0.29) is 17.9 Å². The van der Waals surface area contributed by atoms with Gasteiger partial charge in [-0.1, -0.05) is 30.7 Å². The number of carbonyl (C=O) groups is 3. The molecule has 0 aliphatic carbocycles. The van der Waals surface area contributed by atoms with Crippen molar-refractivity contribution in [3.63, 3.8) is 0 Å². The first-order valence-electron chi connectivity index (χ1n) is 9.18. The highest BCUT2D eigenvalue weighted by Gasteiger charge is 2.71. The molecule has 0 bridgehead atoms. The van der Waals surface area contributed by atoms with Crippen molar-refractivity contribution < 1.29 is 19.5 Å². The Morgan fingerprint density at radius 3 is 2.59 bits per heavy atom. The minimum absolute atomic E-state index is 0.273. The van der Waals surface area contributed by atoms with Crippen LogP contribution < -0.4 is 10.6 Å². The highest BCUT2D eigenvalue weighted by molar-refractivity contribution is 6.35. The van der Waals surface area contributed by atoms with E-state index in [1.807, 2.05) is 13.8 Å². The third kappa shape index (κ3) is 2.19. The molecule has 3 aliphatic heterocycles. The number of anilines is 1. The number of rotatable bonds is 3. The molecule has 8 heteroatoms. The molecule has 1 aromatic carbocycles. The Kier molecular flexibility index (Phi) is 4.10. The number of likely N-dealkylation sites (tertiary alicyclic amines) is 1. The number of imide groups is 1. The number of aliphatic hydroxyl groups excluding tert-OH is 1. The molecule has 3 aliphatic rings. The zero-order valence-corrected chi connectivity index (χ0v) is 16.1. The fourth-order valence-corrected chi connectivity index (χ4v) is 5.00. The molecule has 0 radical (unpaired) electrons. The minimum Gasteiger partial charge on any atom is -0.392 e. The highest BCUT2D eigenvalue weighted by atomic mass is 35.5. The summed E-state index contributed by atoms with van der Waals surface area (Å²) in [6.07, 6.45) is -0.299. The average molecular weight is 392 g/mol. The van der Waals surface area contributed by atoms with Crippen LogP contribution >= 0.6 is 11.6 Å². The van der Waals surface area contributed by atoms with Crippen LogP contribution in [-0.2, 0) is 19.9 Å². The van der Waals surface area contributed by atoms with Gasteiger partial charge >= 0.3 is 0 Å². The van der Waals surface area contributed by atoms with Crippen molar-refractivity contribution in [2.24, 2.45) is 11.8 Å². The van der Waals surface area contributed by atoms with Crippen LogP contribution in [0.5, 0.6) is 0 Å². The summed E-state index contributed by atoms with van der Waals surface area (Å²) in [4.78, 5) is 40.9. The Bertz CT molecular complexity index is 857. The van der Waals surface area contributed by atoms with Crippen LogP contribution in [0.25, 0.3) is 0 Å². The van der Waals surface area contributed by atoms with Gasteiger partial charge in [0.15, 0.2) is 0 Å². The smallest absolute Gasteiger partial charge is 0.250 e. The van der Waals surface area contributed by atoms with Crippen molar-refractivity contribution >= 4 is 35.0 Å². The molecule has 0 saturated carbocycles. The highest BCUT2D eigenvalue weighted by Crippen LogP contribution is 2.54. The minimum atomic E-state index is -1.42. The number of hydrogen-bond donors (Lipinski definition) is 3. The number of para-hydroxylation sites is 1. The normalized spacial score (nSPS) is 34.0. The van der Waals surface area contributed by atoms with E-state index in [4.69, 9.17) is 11.6 Å². The lowest BCUT2D eigenvalue weighted by Gasteiger charge is -2.31. The van der Waals surface area contributed by atoms with Crippen LogP contribution in [0.1, 0.15) is 32.8 Å². The van der Waals surface area contributed by atoms with E-state index in [0.29, 0.717) is 22.7 Å². The van der Waals surface area contributed by atoms with Gasteiger partial charge in [0, 0.05) is 17.6 Å². The summed E-state index contributed by atoms with van der Waals surface area (Å²) in [5, 5.41) is 16.6. The molecule has 6 atom stereocenters. The van der Waals surface area contributed by atoms with Crippen molar-refractivity contribution in [3.05, 3.63) is 28.8 Å². The first-order valence-corrected chi connectivity index (χ1v) is 9.56. The Morgan fingerprint density at radius 1 is 1.26 bits per heavy atom. The number of aliphatic hydroxyl groups is 1. The molecule has 1 spiro atoms. The third-order valence-electron chi connectivity index (χ3n) is 6.22.